The van der Waals surface area contributed by atoms with Crippen LogP contribution in [0.2, 0.25) is 0 Å². The van der Waals surface area contributed by atoms with Gasteiger partial charge in [0.05, 0.1) is 9.88 Å². The molecule has 3 rings (SSSR count). The largest absolute Gasteiger partial charge is 0.335 e. The maximum atomic E-state index is 13.0. The summed E-state index contributed by atoms with van der Waals surface area (Å²) in [7, 11) is -0.424. The molecule has 1 aliphatic rings. The van der Waals surface area contributed by atoms with E-state index in [9.17, 15) is 13.2 Å². The zero-order valence-corrected chi connectivity index (χ0v) is 16.7. The van der Waals surface area contributed by atoms with Crippen LogP contribution in [-0.4, -0.2) is 73.1 Å². The van der Waals surface area contributed by atoms with Gasteiger partial charge in [-0.2, -0.15) is 17.0 Å². The molecule has 1 aromatic heterocycles. The predicted molar refractivity (Wildman–Crippen MR) is 102 cm³/mol. The van der Waals surface area contributed by atoms with Gasteiger partial charge < -0.3 is 4.90 Å². The molecule has 2 heterocycles. The summed E-state index contributed by atoms with van der Waals surface area (Å²) >= 11 is 1.50. The number of aromatic nitrogens is 1. The van der Waals surface area contributed by atoms with Crippen molar-refractivity contribution in [1.82, 2.24) is 18.5 Å². The summed E-state index contributed by atoms with van der Waals surface area (Å²) in [5, 5.41) is 0.834. The van der Waals surface area contributed by atoms with Crippen molar-refractivity contribution >= 4 is 27.5 Å². The van der Waals surface area contributed by atoms with E-state index in [1.54, 1.807) is 4.90 Å². The van der Waals surface area contributed by atoms with Gasteiger partial charge in [-0.05, 0) is 12.5 Å². The van der Waals surface area contributed by atoms with Crippen LogP contribution < -0.4 is 0 Å². The fraction of sp³-hybridized carbons (Fsp3) is 0.412. The second kappa shape index (κ2) is 7.43. The van der Waals surface area contributed by atoms with Crippen LogP contribution in [0.5, 0.6) is 0 Å². The Morgan fingerprint density at radius 3 is 2.31 bits per heavy atom. The van der Waals surface area contributed by atoms with Gasteiger partial charge in [0.1, 0.15) is 5.69 Å². The number of hydrogen-bond donors (Lipinski definition) is 0. The lowest BCUT2D eigenvalue weighted by molar-refractivity contribution is 0.0690. The van der Waals surface area contributed by atoms with Gasteiger partial charge in [0.2, 0.25) is 0 Å². The maximum absolute atomic E-state index is 13.0. The van der Waals surface area contributed by atoms with E-state index < -0.39 is 10.2 Å². The number of hydrogen-bond acceptors (Lipinski definition) is 5. The molecule has 1 aromatic carbocycles. The van der Waals surface area contributed by atoms with E-state index in [1.165, 1.54) is 34.0 Å². The highest BCUT2D eigenvalue weighted by molar-refractivity contribution is 7.86. The summed E-state index contributed by atoms with van der Waals surface area (Å²) < 4.78 is 27.0. The molecule has 0 N–H and O–H groups in total. The third-order valence-electron chi connectivity index (χ3n) is 4.29. The van der Waals surface area contributed by atoms with E-state index in [0.717, 1.165) is 15.4 Å². The first-order valence-electron chi connectivity index (χ1n) is 8.30. The van der Waals surface area contributed by atoms with Crippen LogP contribution in [0.1, 0.15) is 15.5 Å². The monoisotopic (exact) mass is 394 g/mol. The number of amides is 1. The van der Waals surface area contributed by atoms with Crippen molar-refractivity contribution < 1.29 is 13.2 Å². The van der Waals surface area contributed by atoms with E-state index in [2.05, 4.69) is 4.98 Å². The molecular weight excluding hydrogens is 372 g/mol. The molecule has 1 aliphatic heterocycles. The van der Waals surface area contributed by atoms with E-state index in [0.29, 0.717) is 18.8 Å². The zero-order valence-electron chi connectivity index (χ0n) is 15.0. The first-order valence-corrected chi connectivity index (χ1v) is 10.5. The Morgan fingerprint density at radius 1 is 1.12 bits per heavy atom. The lowest BCUT2D eigenvalue weighted by atomic mass is 10.1. The lowest BCUT2D eigenvalue weighted by Crippen LogP contribution is -2.53. The van der Waals surface area contributed by atoms with Crippen molar-refractivity contribution in [3.63, 3.8) is 0 Å². The maximum Gasteiger partial charge on any atom is 0.281 e. The fourth-order valence-electron chi connectivity index (χ4n) is 2.86. The number of carbonyl (C=O) groups excluding carboxylic acids is 1. The quantitative estimate of drug-likeness (QED) is 0.791. The number of carbonyl (C=O) groups is 1. The van der Waals surface area contributed by atoms with E-state index >= 15 is 0 Å². The molecule has 0 saturated carbocycles. The average molecular weight is 395 g/mol. The van der Waals surface area contributed by atoms with Gasteiger partial charge in [0, 0.05) is 40.3 Å². The highest BCUT2D eigenvalue weighted by atomic mass is 32.2. The summed E-state index contributed by atoms with van der Waals surface area (Å²) in [6.07, 6.45) is 0. The normalized spacial score (nSPS) is 16.2. The summed E-state index contributed by atoms with van der Waals surface area (Å²) in [5.74, 6) is -0.143. The van der Waals surface area contributed by atoms with Crippen LogP contribution in [0, 0.1) is 6.92 Å². The van der Waals surface area contributed by atoms with E-state index in [1.807, 2.05) is 37.3 Å². The van der Waals surface area contributed by atoms with Gasteiger partial charge in [-0.3, -0.25) is 4.79 Å². The highest BCUT2D eigenvalue weighted by Gasteiger charge is 2.32. The van der Waals surface area contributed by atoms with Crippen molar-refractivity contribution in [2.45, 2.75) is 6.92 Å². The molecule has 7 nitrogen and oxygen atoms in total. The summed E-state index contributed by atoms with van der Waals surface area (Å²) in [5.41, 5.74) is 1.41. The third-order valence-corrected chi connectivity index (χ3v) is 7.25. The Morgan fingerprint density at radius 2 is 1.73 bits per heavy atom. The van der Waals surface area contributed by atoms with Crippen LogP contribution in [-0.2, 0) is 10.2 Å². The summed E-state index contributed by atoms with van der Waals surface area (Å²) in [6.45, 7) is 3.18. The van der Waals surface area contributed by atoms with Gasteiger partial charge in [-0.1, -0.05) is 30.3 Å². The van der Waals surface area contributed by atoms with Gasteiger partial charge in [-0.25, -0.2) is 4.98 Å². The summed E-state index contributed by atoms with van der Waals surface area (Å²) in [4.78, 5) is 20.0. The van der Waals surface area contributed by atoms with Gasteiger partial charge in [0.15, 0.2) is 0 Å². The molecule has 1 saturated heterocycles. The third kappa shape index (κ3) is 3.66. The summed E-state index contributed by atoms with van der Waals surface area (Å²) in [6, 6.07) is 9.73. The average Bonchev–Trinajstić information content (AvgIpc) is 3.03. The highest BCUT2D eigenvalue weighted by Crippen LogP contribution is 2.31. The smallest absolute Gasteiger partial charge is 0.281 e. The van der Waals surface area contributed by atoms with Crippen LogP contribution in [0.25, 0.3) is 10.4 Å². The number of thiazole rings is 1. The molecule has 1 fully saturated rings. The molecule has 0 spiro atoms. The Hall–Kier alpha value is -1.81. The first kappa shape index (κ1) is 19.0. The Labute approximate surface area is 158 Å². The molecule has 140 valence electrons. The van der Waals surface area contributed by atoms with Gasteiger partial charge >= 0.3 is 0 Å². The number of piperazine rings is 1. The van der Waals surface area contributed by atoms with Crippen LogP contribution in [0.15, 0.2) is 30.3 Å². The van der Waals surface area contributed by atoms with Gasteiger partial charge in [0.25, 0.3) is 16.1 Å². The Kier molecular flexibility index (Phi) is 5.42. The molecule has 26 heavy (non-hydrogen) atoms. The van der Waals surface area contributed by atoms with Crippen LogP contribution in [0.3, 0.4) is 0 Å². The van der Waals surface area contributed by atoms with Gasteiger partial charge in [-0.15, -0.1) is 11.3 Å². The second-order valence-electron chi connectivity index (χ2n) is 6.26. The lowest BCUT2D eigenvalue weighted by Gasteiger charge is -2.34. The van der Waals surface area contributed by atoms with Crippen molar-refractivity contribution in [1.29, 1.82) is 0 Å². The standard InChI is InChI=1S/C17H22N4O3S2/c1-13-18-15(16(25-13)14-7-5-4-6-8-14)17(22)20-9-11-21(12-10-20)26(23,24)19(2)3/h4-8H,9-12H2,1-3H3. The SMILES string of the molecule is Cc1nc(C(=O)N2CCN(S(=O)(=O)N(C)C)CC2)c(-c2ccccc2)s1. The van der Waals surface area contributed by atoms with E-state index in [4.69, 9.17) is 0 Å². The minimum atomic E-state index is -3.45. The van der Waals surface area contributed by atoms with Crippen molar-refractivity contribution in [3.05, 3.63) is 41.0 Å². The molecule has 0 bridgehead atoms. The molecule has 1 amide bonds. The van der Waals surface area contributed by atoms with E-state index in [-0.39, 0.29) is 19.0 Å². The molecule has 0 unspecified atom stereocenters. The van der Waals surface area contributed by atoms with Crippen molar-refractivity contribution in [3.8, 4) is 10.4 Å². The second-order valence-corrected chi connectivity index (χ2v) is 9.60. The topological polar surface area (TPSA) is 73.8 Å². The number of nitrogens with zero attached hydrogens (tertiary/aromatic N) is 4. The number of benzene rings is 1. The van der Waals surface area contributed by atoms with Crippen molar-refractivity contribution in [2.75, 3.05) is 40.3 Å². The zero-order chi connectivity index (χ0) is 18.9. The van der Waals surface area contributed by atoms with Crippen LogP contribution in [0.4, 0.5) is 0 Å². The molecule has 2 aromatic rings. The number of aryl methyl sites for hydroxylation is 1. The van der Waals surface area contributed by atoms with Crippen molar-refractivity contribution in [2.24, 2.45) is 0 Å². The molecular formula is C17H22N4O3S2. The molecule has 9 heteroatoms. The Balaban J connectivity index is 1.78. The Bertz CT molecular complexity index is 886. The molecule has 0 atom stereocenters. The number of rotatable bonds is 4. The predicted octanol–water partition coefficient (Wildman–Crippen LogP) is 1.68. The molecule has 0 aliphatic carbocycles. The van der Waals surface area contributed by atoms with Crippen LogP contribution >= 0.6 is 11.3 Å². The molecule has 0 radical (unpaired) electrons. The fourth-order valence-corrected chi connectivity index (χ4v) is 4.86. The minimum Gasteiger partial charge on any atom is -0.335 e. The minimum absolute atomic E-state index is 0.143. The first-order chi connectivity index (χ1) is 12.3.